The SMILES string of the molecule is CCC1(C)CC(=O)N(C(C)C)c2cc(-c3cc(CCC(N)=O)ccc3C)c(C)cc21. The van der Waals surface area contributed by atoms with Gasteiger partial charge >= 0.3 is 0 Å². The number of hydrogen-bond acceptors (Lipinski definition) is 2. The molecule has 2 aromatic rings. The molecule has 0 aromatic heterocycles. The molecule has 4 heteroatoms. The molecule has 1 aliphatic rings. The van der Waals surface area contributed by atoms with Gasteiger partial charge in [0.2, 0.25) is 11.8 Å². The van der Waals surface area contributed by atoms with Gasteiger partial charge in [-0.05, 0) is 80.0 Å². The molecule has 30 heavy (non-hydrogen) atoms. The van der Waals surface area contributed by atoms with Crippen LogP contribution >= 0.6 is 0 Å². The summed E-state index contributed by atoms with van der Waals surface area (Å²) in [6.07, 6.45) is 2.46. The van der Waals surface area contributed by atoms with Crippen LogP contribution in [0.15, 0.2) is 30.3 Å². The highest BCUT2D eigenvalue weighted by atomic mass is 16.2. The Morgan fingerprint density at radius 1 is 1.13 bits per heavy atom. The maximum atomic E-state index is 13.1. The fourth-order valence-electron chi connectivity index (χ4n) is 4.58. The van der Waals surface area contributed by atoms with Crippen molar-refractivity contribution in [3.8, 4) is 11.1 Å². The van der Waals surface area contributed by atoms with Gasteiger partial charge in [-0.25, -0.2) is 0 Å². The first-order valence-corrected chi connectivity index (χ1v) is 10.9. The molecule has 1 unspecified atom stereocenters. The monoisotopic (exact) mass is 406 g/mol. The number of carbonyl (C=O) groups is 2. The van der Waals surface area contributed by atoms with Crippen molar-refractivity contribution in [2.24, 2.45) is 5.73 Å². The van der Waals surface area contributed by atoms with Crippen molar-refractivity contribution < 1.29 is 9.59 Å². The zero-order valence-electron chi connectivity index (χ0n) is 19.1. The topological polar surface area (TPSA) is 63.4 Å². The molecule has 160 valence electrons. The third-order valence-electron chi connectivity index (χ3n) is 6.61. The zero-order chi connectivity index (χ0) is 22.2. The van der Waals surface area contributed by atoms with E-state index in [4.69, 9.17) is 5.73 Å². The minimum absolute atomic E-state index is 0.108. The van der Waals surface area contributed by atoms with Gasteiger partial charge in [-0.2, -0.15) is 0 Å². The Kier molecular flexibility index (Phi) is 6.07. The van der Waals surface area contributed by atoms with Gasteiger partial charge in [0.25, 0.3) is 0 Å². The molecule has 3 rings (SSSR count). The number of nitrogens with zero attached hydrogens (tertiary/aromatic N) is 1. The summed E-state index contributed by atoms with van der Waals surface area (Å²) in [5, 5.41) is 0. The Hall–Kier alpha value is -2.62. The highest BCUT2D eigenvalue weighted by Gasteiger charge is 2.40. The molecule has 0 saturated heterocycles. The van der Waals surface area contributed by atoms with Crippen molar-refractivity contribution in [3.05, 3.63) is 52.6 Å². The van der Waals surface area contributed by atoms with Crippen LogP contribution < -0.4 is 10.6 Å². The van der Waals surface area contributed by atoms with Gasteiger partial charge in [0, 0.05) is 30.0 Å². The van der Waals surface area contributed by atoms with Gasteiger partial charge in [-0.3, -0.25) is 9.59 Å². The standard InChI is InChI=1S/C26H34N2O2/c1-7-26(6)15-25(30)28(16(2)3)23-14-21(18(5)12-22(23)26)20-13-19(9-8-17(20)4)10-11-24(27)29/h8-9,12-14,16H,7,10-11,15H2,1-6H3,(H2,27,29). The van der Waals surface area contributed by atoms with Crippen LogP contribution in [0.3, 0.4) is 0 Å². The summed E-state index contributed by atoms with van der Waals surface area (Å²) in [5.74, 6) is -0.0874. The Bertz CT molecular complexity index is 993. The molecular formula is C26H34N2O2. The second-order valence-electron chi connectivity index (χ2n) is 9.25. The summed E-state index contributed by atoms with van der Waals surface area (Å²) in [6, 6.07) is 10.9. The van der Waals surface area contributed by atoms with Crippen LogP contribution in [0.2, 0.25) is 0 Å². The Morgan fingerprint density at radius 2 is 1.80 bits per heavy atom. The first-order valence-electron chi connectivity index (χ1n) is 10.9. The van der Waals surface area contributed by atoms with E-state index in [1.165, 1.54) is 16.7 Å². The van der Waals surface area contributed by atoms with Gasteiger partial charge in [0.05, 0.1) is 0 Å². The van der Waals surface area contributed by atoms with Gasteiger partial charge < -0.3 is 10.6 Å². The molecule has 0 spiro atoms. The fraction of sp³-hybridized carbons (Fsp3) is 0.462. The summed E-state index contributed by atoms with van der Waals surface area (Å²) in [5.41, 5.74) is 13.3. The van der Waals surface area contributed by atoms with Crippen LogP contribution in [0.4, 0.5) is 5.69 Å². The van der Waals surface area contributed by atoms with Gasteiger partial charge in [0.15, 0.2) is 0 Å². The van der Waals surface area contributed by atoms with Crippen LogP contribution in [0.1, 0.15) is 69.2 Å². The van der Waals surface area contributed by atoms with Crippen molar-refractivity contribution in [2.45, 2.75) is 78.7 Å². The number of benzene rings is 2. The number of amides is 2. The Labute approximate surface area is 180 Å². The van der Waals surface area contributed by atoms with E-state index in [-0.39, 0.29) is 23.3 Å². The number of fused-ring (bicyclic) bond motifs is 1. The van der Waals surface area contributed by atoms with E-state index < -0.39 is 0 Å². The largest absolute Gasteiger partial charge is 0.370 e. The molecule has 0 saturated carbocycles. The molecule has 2 amide bonds. The number of hydrogen-bond donors (Lipinski definition) is 1. The summed E-state index contributed by atoms with van der Waals surface area (Å²) < 4.78 is 0. The van der Waals surface area contributed by atoms with E-state index >= 15 is 0 Å². The second-order valence-corrected chi connectivity index (χ2v) is 9.25. The predicted molar refractivity (Wildman–Crippen MR) is 124 cm³/mol. The first kappa shape index (κ1) is 22.1. The van der Waals surface area contributed by atoms with Crippen molar-refractivity contribution in [1.82, 2.24) is 0 Å². The Morgan fingerprint density at radius 3 is 2.40 bits per heavy atom. The highest BCUT2D eigenvalue weighted by molar-refractivity contribution is 5.99. The molecule has 2 aromatic carbocycles. The third kappa shape index (κ3) is 4.00. The quantitative estimate of drug-likeness (QED) is 0.716. The molecule has 1 aliphatic heterocycles. The zero-order valence-corrected chi connectivity index (χ0v) is 19.1. The van der Waals surface area contributed by atoms with Crippen molar-refractivity contribution in [3.63, 3.8) is 0 Å². The van der Waals surface area contributed by atoms with Crippen LogP contribution in [-0.4, -0.2) is 17.9 Å². The van der Waals surface area contributed by atoms with Gasteiger partial charge in [-0.1, -0.05) is 38.1 Å². The summed E-state index contributed by atoms with van der Waals surface area (Å²) >= 11 is 0. The lowest BCUT2D eigenvalue weighted by molar-refractivity contribution is -0.120. The predicted octanol–water partition coefficient (Wildman–Crippen LogP) is 5.20. The minimum atomic E-state index is -0.285. The van der Waals surface area contributed by atoms with Gasteiger partial charge in [0.1, 0.15) is 0 Å². The van der Waals surface area contributed by atoms with E-state index in [2.05, 4.69) is 71.9 Å². The molecular weight excluding hydrogens is 372 g/mol. The van der Waals surface area contributed by atoms with E-state index in [9.17, 15) is 9.59 Å². The van der Waals surface area contributed by atoms with Gasteiger partial charge in [-0.15, -0.1) is 0 Å². The first-order chi connectivity index (χ1) is 14.1. The van der Waals surface area contributed by atoms with E-state index in [0.29, 0.717) is 19.3 Å². The number of aryl methyl sites for hydroxylation is 3. The number of anilines is 1. The summed E-state index contributed by atoms with van der Waals surface area (Å²) in [7, 11) is 0. The van der Waals surface area contributed by atoms with E-state index in [1.807, 2.05) is 4.90 Å². The number of carbonyl (C=O) groups excluding carboxylic acids is 2. The third-order valence-corrected chi connectivity index (χ3v) is 6.61. The highest BCUT2D eigenvalue weighted by Crippen LogP contribution is 2.46. The lowest BCUT2D eigenvalue weighted by atomic mass is 9.72. The fourth-order valence-corrected chi connectivity index (χ4v) is 4.58. The molecule has 0 radical (unpaired) electrons. The van der Waals surface area contributed by atoms with E-state index in [0.717, 1.165) is 28.8 Å². The van der Waals surface area contributed by atoms with Crippen molar-refractivity contribution in [2.75, 3.05) is 4.90 Å². The maximum absolute atomic E-state index is 13.1. The second kappa shape index (κ2) is 8.25. The summed E-state index contributed by atoms with van der Waals surface area (Å²) in [6.45, 7) is 12.8. The molecule has 2 N–H and O–H groups in total. The number of rotatable bonds is 6. The molecule has 1 heterocycles. The van der Waals surface area contributed by atoms with Crippen molar-refractivity contribution in [1.29, 1.82) is 0 Å². The maximum Gasteiger partial charge on any atom is 0.228 e. The normalized spacial score (nSPS) is 18.6. The van der Waals surface area contributed by atoms with E-state index in [1.54, 1.807) is 0 Å². The minimum Gasteiger partial charge on any atom is -0.370 e. The molecule has 0 fully saturated rings. The van der Waals surface area contributed by atoms with Crippen LogP contribution in [0.25, 0.3) is 11.1 Å². The van der Waals surface area contributed by atoms with Crippen molar-refractivity contribution >= 4 is 17.5 Å². The smallest absolute Gasteiger partial charge is 0.228 e. The van der Waals surface area contributed by atoms with Crippen LogP contribution in [0.5, 0.6) is 0 Å². The number of primary amides is 1. The summed E-state index contributed by atoms with van der Waals surface area (Å²) in [4.78, 5) is 26.2. The number of nitrogens with two attached hydrogens (primary N) is 1. The van der Waals surface area contributed by atoms with Crippen LogP contribution in [0, 0.1) is 13.8 Å². The molecule has 0 aliphatic carbocycles. The average molecular weight is 407 g/mol. The lowest BCUT2D eigenvalue weighted by Crippen LogP contribution is -2.46. The lowest BCUT2D eigenvalue weighted by Gasteiger charge is -2.42. The molecule has 0 bridgehead atoms. The Balaban J connectivity index is 2.18. The van der Waals surface area contributed by atoms with Crippen LogP contribution in [-0.2, 0) is 21.4 Å². The molecule has 4 nitrogen and oxygen atoms in total. The molecule has 1 atom stereocenters. The average Bonchev–Trinajstić information content (AvgIpc) is 2.67.